The lowest BCUT2D eigenvalue weighted by atomic mass is 9.76. The minimum Gasteiger partial charge on any atom is -0.399 e. The molecular weight excluding hydrogens is 236 g/mol. The quantitative estimate of drug-likeness (QED) is 0.805. The fraction of sp³-hybridized carbons (Fsp3) is 0.625. The van der Waals surface area contributed by atoms with Crippen molar-refractivity contribution in [3.8, 4) is 0 Å². The number of anilines is 2. The van der Waals surface area contributed by atoms with Crippen LogP contribution in [0, 0.1) is 5.92 Å². The van der Waals surface area contributed by atoms with E-state index in [1.807, 2.05) is 32.0 Å². The molecule has 1 aliphatic heterocycles. The summed E-state index contributed by atoms with van der Waals surface area (Å²) in [7, 11) is 0. The van der Waals surface area contributed by atoms with Crippen LogP contribution in [0.2, 0.25) is 0 Å². The Morgan fingerprint density at radius 3 is 2.68 bits per heavy atom. The number of nitrogens with two attached hydrogens (primary N) is 1. The van der Waals surface area contributed by atoms with Crippen molar-refractivity contribution in [2.24, 2.45) is 5.92 Å². The minimum absolute atomic E-state index is 0.0807. The van der Waals surface area contributed by atoms with Gasteiger partial charge in [0.2, 0.25) is 0 Å². The van der Waals surface area contributed by atoms with Crippen LogP contribution in [-0.4, -0.2) is 16.4 Å². The van der Waals surface area contributed by atoms with Gasteiger partial charge in [-0.2, -0.15) is 0 Å². The number of hydrogen-bond donors (Lipinski definition) is 2. The maximum Gasteiger partial charge on any atom is 0.135 e. The van der Waals surface area contributed by atoms with Gasteiger partial charge in [-0.3, -0.25) is 0 Å². The molecule has 0 radical (unpaired) electrons. The van der Waals surface area contributed by atoms with Crippen molar-refractivity contribution in [1.82, 2.24) is 0 Å². The van der Waals surface area contributed by atoms with Crippen molar-refractivity contribution >= 4 is 11.4 Å². The number of aliphatic hydroxyl groups is 1. The second-order valence-corrected chi connectivity index (χ2v) is 6.55. The van der Waals surface area contributed by atoms with Gasteiger partial charge in [0.1, 0.15) is 5.72 Å². The van der Waals surface area contributed by atoms with Gasteiger partial charge >= 0.3 is 0 Å². The molecule has 1 heterocycles. The lowest BCUT2D eigenvalue weighted by Gasteiger charge is -2.55. The minimum atomic E-state index is -0.844. The zero-order chi connectivity index (χ0) is 14.4. The highest BCUT2D eigenvalue weighted by atomic mass is 16.3. The highest BCUT2D eigenvalue weighted by Gasteiger charge is 2.45. The largest absolute Gasteiger partial charge is 0.399 e. The van der Waals surface area contributed by atoms with E-state index >= 15 is 0 Å². The van der Waals surface area contributed by atoms with E-state index in [4.69, 9.17) is 5.73 Å². The molecule has 3 heteroatoms. The fourth-order valence-corrected chi connectivity index (χ4v) is 3.14. The fourth-order valence-electron chi connectivity index (χ4n) is 3.14. The van der Waals surface area contributed by atoms with E-state index in [9.17, 15) is 5.11 Å². The van der Waals surface area contributed by atoms with Gasteiger partial charge in [-0.25, -0.2) is 0 Å². The highest BCUT2D eigenvalue weighted by Crippen LogP contribution is 2.44. The predicted octanol–water partition coefficient (Wildman–Crippen LogP) is 3.16. The average molecular weight is 262 g/mol. The number of nitrogens with zero attached hydrogens (tertiary/aromatic N) is 1. The average Bonchev–Trinajstić information content (AvgIpc) is 2.30. The summed E-state index contributed by atoms with van der Waals surface area (Å²) in [5.41, 5.74) is 8.12. The van der Waals surface area contributed by atoms with Crippen molar-refractivity contribution in [3.63, 3.8) is 0 Å². The van der Waals surface area contributed by atoms with E-state index in [1.165, 1.54) is 5.56 Å². The summed E-state index contributed by atoms with van der Waals surface area (Å²) >= 11 is 0. The smallest absolute Gasteiger partial charge is 0.135 e. The van der Waals surface area contributed by atoms with Crippen LogP contribution in [0.4, 0.5) is 11.4 Å². The SMILES string of the molecule is CCC(C)(O)N1c2ccc(N)cc2CC(C)C1(C)C. The summed E-state index contributed by atoms with van der Waals surface area (Å²) in [6.07, 6.45) is 1.69. The molecule has 1 aliphatic rings. The molecule has 19 heavy (non-hydrogen) atoms. The normalized spacial score (nSPS) is 24.7. The standard InChI is InChI=1S/C16H26N2O/c1-6-16(5,19)18-14-8-7-13(17)10-12(14)9-11(2)15(18,3)4/h7-8,10-11,19H,6,9,17H2,1-5H3. The van der Waals surface area contributed by atoms with E-state index in [2.05, 4.69) is 25.7 Å². The molecule has 0 aliphatic carbocycles. The van der Waals surface area contributed by atoms with E-state index < -0.39 is 5.72 Å². The zero-order valence-electron chi connectivity index (χ0n) is 12.7. The second-order valence-electron chi connectivity index (χ2n) is 6.55. The molecular formula is C16H26N2O. The van der Waals surface area contributed by atoms with E-state index in [0.717, 1.165) is 17.8 Å². The predicted molar refractivity (Wildman–Crippen MR) is 81.2 cm³/mol. The highest BCUT2D eigenvalue weighted by molar-refractivity contribution is 5.64. The first kappa shape index (κ1) is 14.2. The molecule has 106 valence electrons. The van der Waals surface area contributed by atoms with Gasteiger partial charge < -0.3 is 15.7 Å². The number of benzene rings is 1. The Kier molecular flexibility index (Phi) is 3.29. The van der Waals surface area contributed by atoms with Gasteiger partial charge in [0.25, 0.3) is 0 Å². The maximum absolute atomic E-state index is 10.8. The number of nitrogen functional groups attached to an aromatic ring is 1. The summed E-state index contributed by atoms with van der Waals surface area (Å²) in [6.45, 7) is 10.6. The Labute approximate surface area is 116 Å². The van der Waals surface area contributed by atoms with Crippen LogP contribution in [-0.2, 0) is 6.42 Å². The number of fused-ring (bicyclic) bond motifs is 1. The Hall–Kier alpha value is -1.22. The lowest BCUT2D eigenvalue weighted by Crippen LogP contribution is -2.62. The molecule has 0 bridgehead atoms. The summed E-state index contributed by atoms with van der Waals surface area (Å²) in [6, 6.07) is 6.01. The molecule has 0 saturated carbocycles. The summed E-state index contributed by atoms with van der Waals surface area (Å²) in [5.74, 6) is 0.458. The lowest BCUT2D eigenvalue weighted by molar-refractivity contribution is 0.0195. The first-order chi connectivity index (χ1) is 8.70. The number of hydrogen-bond acceptors (Lipinski definition) is 3. The van der Waals surface area contributed by atoms with Crippen molar-refractivity contribution in [2.75, 3.05) is 10.6 Å². The van der Waals surface area contributed by atoms with Crippen LogP contribution in [0.1, 0.15) is 46.6 Å². The molecule has 0 saturated heterocycles. The molecule has 2 unspecified atom stereocenters. The molecule has 0 aromatic heterocycles. The van der Waals surface area contributed by atoms with Gasteiger partial charge in [0.05, 0.1) is 0 Å². The van der Waals surface area contributed by atoms with Crippen LogP contribution in [0.3, 0.4) is 0 Å². The second kappa shape index (κ2) is 4.41. The topological polar surface area (TPSA) is 49.5 Å². The first-order valence-corrected chi connectivity index (χ1v) is 7.11. The van der Waals surface area contributed by atoms with Crippen LogP contribution < -0.4 is 10.6 Å². The maximum atomic E-state index is 10.8. The summed E-state index contributed by atoms with van der Waals surface area (Å²) in [4.78, 5) is 2.17. The molecule has 1 aromatic rings. The summed E-state index contributed by atoms with van der Waals surface area (Å²) < 4.78 is 0. The van der Waals surface area contributed by atoms with Crippen LogP contribution in [0.5, 0.6) is 0 Å². The van der Waals surface area contributed by atoms with E-state index in [-0.39, 0.29) is 5.54 Å². The monoisotopic (exact) mass is 262 g/mol. The molecule has 2 atom stereocenters. The Morgan fingerprint density at radius 1 is 1.47 bits per heavy atom. The van der Waals surface area contributed by atoms with Gasteiger partial charge in [-0.15, -0.1) is 0 Å². The third kappa shape index (κ3) is 2.20. The van der Waals surface area contributed by atoms with Crippen molar-refractivity contribution in [2.45, 2.75) is 58.7 Å². The molecule has 3 N–H and O–H groups in total. The first-order valence-electron chi connectivity index (χ1n) is 7.11. The van der Waals surface area contributed by atoms with Crippen molar-refractivity contribution < 1.29 is 5.11 Å². The Bertz CT molecular complexity index is 480. The van der Waals surface area contributed by atoms with Gasteiger partial charge in [-0.1, -0.05) is 13.8 Å². The Morgan fingerprint density at radius 2 is 2.11 bits per heavy atom. The van der Waals surface area contributed by atoms with Gasteiger partial charge in [0.15, 0.2) is 0 Å². The molecule has 0 amide bonds. The third-order valence-corrected chi connectivity index (χ3v) is 4.80. The molecule has 3 nitrogen and oxygen atoms in total. The van der Waals surface area contributed by atoms with Gasteiger partial charge in [-0.05, 0) is 63.3 Å². The zero-order valence-corrected chi connectivity index (χ0v) is 12.7. The molecule has 0 spiro atoms. The number of rotatable bonds is 2. The van der Waals surface area contributed by atoms with Crippen LogP contribution >= 0.6 is 0 Å². The third-order valence-electron chi connectivity index (χ3n) is 4.80. The van der Waals surface area contributed by atoms with Gasteiger partial charge in [0, 0.05) is 16.9 Å². The molecule has 0 fully saturated rings. The van der Waals surface area contributed by atoms with Crippen LogP contribution in [0.15, 0.2) is 18.2 Å². The van der Waals surface area contributed by atoms with Crippen molar-refractivity contribution in [3.05, 3.63) is 23.8 Å². The van der Waals surface area contributed by atoms with Crippen molar-refractivity contribution in [1.29, 1.82) is 0 Å². The summed E-state index contributed by atoms with van der Waals surface area (Å²) in [5, 5.41) is 10.8. The van der Waals surface area contributed by atoms with E-state index in [1.54, 1.807) is 0 Å². The Balaban J connectivity index is 2.61. The molecule has 2 rings (SSSR count). The van der Waals surface area contributed by atoms with E-state index in [0.29, 0.717) is 12.3 Å². The molecule has 1 aromatic carbocycles. The van der Waals surface area contributed by atoms with Crippen LogP contribution in [0.25, 0.3) is 0 Å².